The molecule has 2 aliphatic rings. The molecule has 27 heavy (non-hydrogen) atoms. The van der Waals surface area contributed by atoms with Crippen molar-refractivity contribution < 1.29 is 13.6 Å². The van der Waals surface area contributed by atoms with E-state index in [1.165, 1.54) is 0 Å². The Morgan fingerprint density at radius 3 is 2.19 bits per heavy atom. The summed E-state index contributed by atoms with van der Waals surface area (Å²) in [7, 11) is 0. The molecule has 1 saturated carbocycles. The molecule has 0 bridgehead atoms. The second kappa shape index (κ2) is 7.94. The van der Waals surface area contributed by atoms with Crippen LogP contribution in [-0.4, -0.2) is 35.4 Å². The van der Waals surface area contributed by atoms with Gasteiger partial charge in [-0.05, 0) is 61.8 Å². The van der Waals surface area contributed by atoms with Crippen LogP contribution in [0, 0.1) is 11.8 Å². The van der Waals surface area contributed by atoms with E-state index < -0.39 is 11.5 Å². The first-order chi connectivity index (χ1) is 12.7. The summed E-state index contributed by atoms with van der Waals surface area (Å²) in [6, 6.07) is 7.09. The number of benzene rings is 1. The van der Waals surface area contributed by atoms with Crippen LogP contribution in [0.2, 0.25) is 5.02 Å². The van der Waals surface area contributed by atoms with Crippen LogP contribution >= 0.6 is 11.6 Å². The van der Waals surface area contributed by atoms with Gasteiger partial charge in [0.15, 0.2) is 0 Å². The van der Waals surface area contributed by atoms with Crippen molar-refractivity contribution >= 4 is 23.2 Å². The lowest BCUT2D eigenvalue weighted by Crippen LogP contribution is -2.58. The number of hydrogen-bond acceptors (Lipinski definition) is 2. The predicted octanol–water partition coefficient (Wildman–Crippen LogP) is 5.59. The van der Waals surface area contributed by atoms with E-state index >= 15 is 0 Å². The predicted molar refractivity (Wildman–Crippen MR) is 105 cm³/mol. The lowest BCUT2D eigenvalue weighted by Gasteiger charge is -2.44. The van der Waals surface area contributed by atoms with Crippen molar-refractivity contribution in [2.75, 3.05) is 18.4 Å². The number of hydrogen-bond donors (Lipinski definition) is 1. The number of alkyl halides is 2. The smallest absolute Gasteiger partial charge is 0.248 e. The van der Waals surface area contributed by atoms with Crippen molar-refractivity contribution in [1.29, 1.82) is 0 Å². The summed E-state index contributed by atoms with van der Waals surface area (Å²) in [5.41, 5.74) is -0.213. The van der Waals surface area contributed by atoms with Crippen LogP contribution in [0.1, 0.15) is 52.4 Å². The molecule has 1 saturated heterocycles. The fraction of sp³-hybridized carbons (Fsp3) is 0.667. The maximum atomic E-state index is 13.8. The van der Waals surface area contributed by atoms with Gasteiger partial charge < -0.3 is 10.2 Å². The van der Waals surface area contributed by atoms with E-state index in [9.17, 15) is 13.6 Å². The number of nitrogens with zero attached hydrogens (tertiary/aromatic N) is 1. The molecule has 1 amide bonds. The van der Waals surface area contributed by atoms with Crippen LogP contribution < -0.4 is 5.32 Å². The third-order valence-corrected chi connectivity index (χ3v) is 6.49. The molecule has 1 aromatic rings. The average Bonchev–Trinajstić information content (AvgIpc) is 2.65. The summed E-state index contributed by atoms with van der Waals surface area (Å²) in [5, 5.41) is 3.91. The highest BCUT2D eigenvalue weighted by Gasteiger charge is 2.49. The monoisotopic (exact) mass is 398 g/mol. The SMILES string of the molecule is CC(C)C1CCN(C(=O)C2(Nc3ccc(Cl)cc3)CCC(F)(F)CC2)CC1. The van der Waals surface area contributed by atoms with Crippen molar-refractivity contribution in [2.45, 2.75) is 63.8 Å². The number of halogens is 3. The summed E-state index contributed by atoms with van der Waals surface area (Å²) in [5.74, 6) is -1.48. The van der Waals surface area contributed by atoms with Gasteiger partial charge in [-0.15, -0.1) is 0 Å². The molecule has 0 unspecified atom stereocenters. The Balaban J connectivity index is 1.77. The molecule has 3 nitrogen and oxygen atoms in total. The van der Waals surface area contributed by atoms with Crippen LogP contribution in [0.3, 0.4) is 0 Å². The molecule has 0 atom stereocenters. The van der Waals surface area contributed by atoms with Crippen LogP contribution in [0.5, 0.6) is 0 Å². The second-order valence-corrected chi connectivity index (χ2v) is 8.88. The molecule has 0 spiro atoms. The summed E-state index contributed by atoms with van der Waals surface area (Å²) in [6.45, 7) is 5.86. The highest BCUT2D eigenvalue weighted by molar-refractivity contribution is 6.30. The molecule has 6 heteroatoms. The minimum absolute atomic E-state index is 0.0323. The number of piperidine rings is 1. The largest absolute Gasteiger partial charge is 0.371 e. The number of rotatable bonds is 4. The third kappa shape index (κ3) is 4.74. The minimum Gasteiger partial charge on any atom is -0.371 e. The maximum Gasteiger partial charge on any atom is 0.248 e. The third-order valence-electron chi connectivity index (χ3n) is 6.24. The zero-order valence-electron chi connectivity index (χ0n) is 16.1. The van der Waals surface area contributed by atoms with Gasteiger partial charge in [0.25, 0.3) is 0 Å². The standard InChI is InChI=1S/C21H29ClF2N2O/c1-15(2)16-7-13-26(14-8-16)19(27)20(9-11-21(23,24)12-10-20)25-18-5-3-17(22)4-6-18/h3-6,15-16,25H,7-14H2,1-2H3. The van der Waals surface area contributed by atoms with Gasteiger partial charge in [-0.1, -0.05) is 25.4 Å². The number of carbonyl (C=O) groups is 1. The zero-order chi connectivity index (χ0) is 19.7. The van der Waals surface area contributed by atoms with Gasteiger partial charge in [-0.25, -0.2) is 8.78 Å². The van der Waals surface area contributed by atoms with Crippen molar-refractivity contribution in [1.82, 2.24) is 4.90 Å². The molecule has 3 rings (SSSR count). The summed E-state index contributed by atoms with van der Waals surface area (Å²) >= 11 is 5.95. The van der Waals surface area contributed by atoms with Crippen LogP contribution in [0.4, 0.5) is 14.5 Å². The van der Waals surface area contributed by atoms with Gasteiger partial charge in [0, 0.05) is 36.6 Å². The molecule has 1 aliphatic carbocycles. The number of anilines is 1. The fourth-order valence-corrected chi connectivity index (χ4v) is 4.44. The number of carbonyl (C=O) groups excluding carboxylic acids is 1. The Bertz CT molecular complexity index is 645. The normalized spacial score (nSPS) is 22.7. The molecule has 0 aromatic heterocycles. The fourth-order valence-electron chi connectivity index (χ4n) is 4.32. The van der Waals surface area contributed by atoms with E-state index in [2.05, 4.69) is 19.2 Å². The van der Waals surface area contributed by atoms with E-state index in [0.29, 0.717) is 29.9 Å². The van der Waals surface area contributed by atoms with E-state index in [-0.39, 0.29) is 31.6 Å². The number of nitrogens with one attached hydrogen (secondary N) is 1. The van der Waals surface area contributed by atoms with Crippen LogP contribution in [0.15, 0.2) is 24.3 Å². The minimum atomic E-state index is -2.68. The molecule has 150 valence electrons. The van der Waals surface area contributed by atoms with Crippen molar-refractivity contribution in [3.8, 4) is 0 Å². The van der Waals surface area contributed by atoms with Gasteiger partial charge >= 0.3 is 0 Å². The Labute approximate surface area is 165 Å². The van der Waals surface area contributed by atoms with Crippen molar-refractivity contribution in [3.63, 3.8) is 0 Å². The first kappa shape index (κ1) is 20.4. The van der Waals surface area contributed by atoms with Crippen LogP contribution in [-0.2, 0) is 4.79 Å². The first-order valence-corrected chi connectivity index (χ1v) is 10.3. The Hall–Kier alpha value is -1.36. The molecule has 1 aromatic carbocycles. The molecule has 0 radical (unpaired) electrons. The second-order valence-electron chi connectivity index (χ2n) is 8.44. The Morgan fingerprint density at radius 1 is 1.11 bits per heavy atom. The summed E-state index contributed by atoms with van der Waals surface area (Å²) in [6.07, 6.45) is 1.73. The van der Waals surface area contributed by atoms with Gasteiger partial charge in [0.1, 0.15) is 5.54 Å². The Morgan fingerprint density at radius 2 is 1.67 bits per heavy atom. The average molecular weight is 399 g/mol. The molecule has 2 fully saturated rings. The van der Waals surface area contributed by atoms with Crippen molar-refractivity contribution in [3.05, 3.63) is 29.3 Å². The number of likely N-dealkylation sites (tertiary alicyclic amines) is 1. The van der Waals surface area contributed by atoms with Crippen LogP contribution in [0.25, 0.3) is 0 Å². The first-order valence-electron chi connectivity index (χ1n) is 9.92. The molecule has 1 N–H and O–H groups in total. The maximum absolute atomic E-state index is 13.8. The molecular weight excluding hydrogens is 370 g/mol. The van der Waals surface area contributed by atoms with E-state index in [0.717, 1.165) is 18.5 Å². The van der Waals surface area contributed by atoms with Gasteiger partial charge in [0.2, 0.25) is 11.8 Å². The van der Waals surface area contributed by atoms with Gasteiger partial charge in [-0.2, -0.15) is 0 Å². The topological polar surface area (TPSA) is 32.3 Å². The quantitative estimate of drug-likeness (QED) is 0.716. The lowest BCUT2D eigenvalue weighted by molar-refractivity contribution is -0.142. The molecule has 1 heterocycles. The highest BCUT2D eigenvalue weighted by Crippen LogP contribution is 2.42. The summed E-state index contributed by atoms with van der Waals surface area (Å²) < 4.78 is 27.6. The summed E-state index contributed by atoms with van der Waals surface area (Å²) in [4.78, 5) is 15.3. The van der Waals surface area contributed by atoms with Crippen molar-refractivity contribution in [2.24, 2.45) is 11.8 Å². The van der Waals surface area contributed by atoms with E-state index in [1.807, 2.05) is 4.90 Å². The molecule has 1 aliphatic heterocycles. The Kier molecular flexibility index (Phi) is 5.99. The van der Waals surface area contributed by atoms with E-state index in [1.54, 1.807) is 24.3 Å². The number of amides is 1. The van der Waals surface area contributed by atoms with E-state index in [4.69, 9.17) is 11.6 Å². The van der Waals surface area contributed by atoms with Gasteiger partial charge in [-0.3, -0.25) is 4.79 Å². The van der Waals surface area contributed by atoms with Gasteiger partial charge in [0.05, 0.1) is 0 Å². The highest BCUT2D eigenvalue weighted by atomic mass is 35.5. The zero-order valence-corrected chi connectivity index (χ0v) is 16.9. The molecular formula is C21H29ClF2N2O. The lowest BCUT2D eigenvalue weighted by atomic mass is 9.77.